The fourth-order valence-electron chi connectivity index (χ4n) is 7.83. The van der Waals surface area contributed by atoms with Gasteiger partial charge < -0.3 is 15.4 Å². The quantitative estimate of drug-likeness (QED) is 0.812. The zero-order valence-electron chi connectivity index (χ0n) is 18.9. The van der Waals surface area contributed by atoms with E-state index in [9.17, 15) is 4.79 Å². The number of nitrogens with zero attached hydrogens (tertiary/aromatic N) is 1. The molecule has 4 nitrogen and oxygen atoms in total. The molecule has 0 aromatic heterocycles. The van der Waals surface area contributed by atoms with Crippen molar-refractivity contribution in [1.82, 2.24) is 4.90 Å². The number of ether oxygens (including phenoxy) is 1. The molecule has 4 aliphatic carbocycles. The van der Waals surface area contributed by atoms with Gasteiger partial charge in [0.05, 0.1) is 11.5 Å². The third-order valence-corrected chi connectivity index (χ3v) is 9.02. The molecule has 1 aromatic rings. The monoisotopic (exact) mass is 410 g/mol. The molecule has 4 saturated carbocycles. The van der Waals surface area contributed by atoms with Crippen LogP contribution in [0.4, 0.5) is 0 Å². The highest BCUT2D eigenvalue weighted by Gasteiger charge is 2.65. The Bertz CT molecular complexity index is 789. The molecule has 3 atom stereocenters. The van der Waals surface area contributed by atoms with Gasteiger partial charge in [-0.05, 0) is 73.7 Å². The van der Waals surface area contributed by atoms with Crippen LogP contribution in [0.25, 0.3) is 0 Å². The largest absolute Gasteiger partial charge is 0.378 e. The van der Waals surface area contributed by atoms with Crippen LogP contribution in [0.15, 0.2) is 30.3 Å². The summed E-state index contributed by atoms with van der Waals surface area (Å²) in [4.78, 5) is 16.3. The summed E-state index contributed by atoms with van der Waals surface area (Å²) in [5, 5.41) is 0. The van der Waals surface area contributed by atoms with Gasteiger partial charge in [-0.2, -0.15) is 0 Å². The molecule has 1 aromatic carbocycles. The topological polar surface area (TPSA) is 55.6 Å². The number of hydrogen-bond acceptors (Lipinski definition) is 3. The number of hydrogen-bond donors (Lipinski definition) is 1. The van der Waals surface area contributed by atoms with Crippen LogP contribution in [0, 0.1) is 22.7 Å². The number of amides is 1. The Morgan fingerprint density at radius 1 is 1.13 bits per heavy atom. The van der Waals surface area contributed by atoms with Crippen LogP contribution in [0.1, 0.15) is 64.9 Å². The van der Waals surface area contributed by atoms with Gasteiger partial charge in [0.15, 0.2) is 0 Å². The molecule has 1 amide bonds. The second kappa shape index (κ2) is 7.06. The molecule has 4 bridgehead atoms. The summed E-state index contributed by atoms with van der Waals surface area (Å²) in [5.41, 5.74) is 7.72. The van der Waals surface area contributed by atoms with Gasteiger partial charge in [-0.25, -0.2) is 0 Å². The van der Waals surface area contributed by atoms with Gasteiger partial charge in [-0.3, -0.25) is 4.79 Å². The zero-order chi connectivity index (χ0) is 21.1. The van der Waals surface area contributed by atoms with E-state index in [2.05, 4.69) is 56.0 Å². The summed E-state index contributed by atoms with van der Waals surface area (Å²) in [6.45, 7) is 8.92. The minimum atomic E-state index is -0.215. The van der Waals surface area contributed by atoms with E-state index in [0.29, 0.717) is 23.8 Å². The lowest BCUT2D eigenvalue weighted by molar-refractivity contribution is -0.188. The van der Waals surface area contributed by atoms with Crippen LogP contribution < -0.4 is 5.73 Å². The van der Waals surface area contributed by atoms with Crippen molar-refractivity contribution in [3.8, 4) is 0 Å². The van der Waals surface area contributed by atoms with Crippen molar-refractivity contribution in [3.05, 3.63) is 35.9 Å². The van der Waals surface area contributed by atoms with Crippen molar-refractivity contribution >= 4 is 5.91 Å². The summed E-state index contributed by atoms with van der Waals surface area (Å²) >= 11 is 0. The molecule has 2 N–H and O–H groups in total. The molecule has 2 unspecified atom stereocenters. The number of carbonyl (C=O) groups is 1. The highest BCUT2D eigenvalue weighted by Crippen LogP contribution is 2.66. The first kappa shape index (κ1) is 20.5. The number of rotatable bonds is 4. The fraction of sp³-hybridized carbons (Fsp3) is 0.731. The number of benzene rings is 1. The minimum absolute atomic E-state index is 0.0127. The van der Waals surface area contributed by atoms with Crippen molar-refractivity contribution in [2.75, 3.05) is 19.7 Å². The Morgan fingerprint density at radius 3 is 2.40 bits per heavy atom. The van der Waals surface area contributed by atoms with E-state index in [1.54, 1.807) is 0 Å². The first-order valence-electron chi connectivity index (χ1n) is 12.0. The van der Waals surface area contributed by atoms with Crippen LogP contribution in [-0.2, 0) is 14.9 Å². The fourth-order valence-corrected chi connectivity index (χ4v) is 7.83. The smallest absolute Gasteiger partial charge is 0.228 e. The van der Waals surface area contributed by atoms with Crippen LogP contribution in [0.2, 0.25) is 0 Å². The maximum atomic E-state index is 14.1. The number of carbonyl (C=O) groups excluding carboxylic acids is 1. The Kier molecular flexibility index (Phi) is 4.83. The van der Waals surface area contributed by atoms with E-state index < -0.39 is 0 Å². The van der Waals surface area contributed by atoms with E-state index in [0.717, 1.165) is 45.4 Å². The molecule has 4 heteroatoms. The normalized spacial score (nSPS) is 41.8. The van der Waals surface area contributed by atoms with E-state index in [1.807, 2.05) is 0 Å². The number of piperidine rings is 1. The average molecular weight is 411 g/mol. The Hall–Kier alpha value is -1.39. The SMILES string of the molecule is CCOC1C2CC3(C(=O)N4CC[C@H](N)C(C)(C)C4)CC1CC(c1ccccc1)(C2)C3. The lowest BCUT2D eigenvalue weighted by Gasteiger charge is -2.64. The summed E-state index contributed by atoms with van der Waals surface area (Å²) in [7, 11) is 0. The standard InChI is InChI=1S/C26H38N2O2/c1-4-30-22-18-12-25(20-8-6-5-7-9-20)13-19(22)15-26(14-18,16-25)23(29)28-11-10-21(27)24(2,3)17-28/h5-9,18-19,21-22H,4,10-17,27H2,1-3H3/t18?,19?,21-,22?,25?,26?/m0/s1. The highest BCUT2D eigenvalue weighted by atomic mass is 16.5. The molecule has 0 spiro atoms. The van der Waals surface area contributed by atoms with Crippen molar-refractivity contribution in [1.29, 1.82) is 0 Å². The van der Waals surface area contributed by atoms with Crippen molar-refractivity contribution in [2.24, 2.45) is 28.4 Å². The van der Waals surface area contributed by atoms with Gasteiger partial charge in [-0.15, -0.1) is 0 Å². The van der Waals surface area contributed by atoms with Crippen molar-refractivity contribution in [3.63, 3.8) is 0 Å². The molecule has 6 rings (SSSR count). The number of nitrogens with two attached hydrogens (primary N) is 1. The maximum absolute atomic E-state index is 14.1. The van der Waals surface area contributed by atoms with E-state index in [1.165, 1.54) is 18.4 Å². The lowest BCUT2D eigenvalue weighted by Crippen LogP contribution is -2.65. The molecule has 1 saturated heterocycles. The second-order valence-electron chi connectivity index (χ2n) is 11.5. The highest BCUT2D eigenvalue weighted by molar-refractivity contribution is 5.84. The van der Waals surface area contributed by atoms with Crippen molar-refractivity contribution in [2.45, 2.75) is 76.9 Å². The molecule has 1 aliphatic heterocycles. The van der Waals surface area contributed by atoms with Crippen LogP contribution in [0.3, 0.4) is 0 Å². The Labute approximate surface area is 181 Å². The molecule has 0 radical (unpaired) electrons. The summed E-state index contributed by atoms with van der Waals surface area (Å²) in [6.07, 6.45) is 6.60. The molecule has 30 heavy (non-hydrogen) atoms. The number of likely N-dealkylation sites (tertiary alicyclic amines) is 1. The second-order valence-corrected chi connectivity index (χ2v) is 11.5. The van der Waals surface area contributed by atoms with Crippen molar-refractivity contribution < 1.29 is 9.53 Å². The molecule has 164 valence electrons. The third-order valence-electron chi connectivity index (χ3n) is 9.02. The minimum Gasteiger partial charge on any atom is -0.378 e. The average Bonchev–Trinajstić information content (AvgIpc) is 2.72. The molecule has 5 fully saturated rings. The van der Waals surface area contributed by atoms with E-state index in [-0.39, 0.29) is 22.3 Å². The zero-order valence-corrected chi connectivity index (χ0v) is 18.9. The van der Waals surface area contributed by atoms with Gasteiger partial charge in [0.1, 0.15) is 0 Å². The van der Waals surface area contributed by atoms with E-state index in [4.69, 9.17) is 10.5 Å². The van der Waals surface area contributed by atoms with Crippen LogP contribution in [-0.4, -0.2) is 42.6 Å². The van der Waals surface area contributed by atoms with Crippen LogP contribution >= 0.6 is 0 Å². The molecule has 5 aliphatic rings. The summed E-state index contributed by atoms with van der Waals surface area (Å²) < 4.78 is 6.28. The Morgan fingerprint density at radius 2 is 1.80 bits per heavy atom. The first-order valence-corrected chi connectivity index (χ1v) is 12.0. The van der Waals surface area contributed by atoms with Gasteiger partial charge in [0.25, 0.3) is 0 Å². The summed E-state index contributed by atoms with van der Waals surface area (Å²) in [6, 6.07) is 11.2. The third kappa shape index (κ3) is 3.05. The van der Waals surface area contributed by atoms with E-state index >= 15 is 0 Å². The Balaban J connectivity index is 1.49. The molecular weight excluding hydrogens is 372 g/mol. The predicted octanol–water partition coefficient (Wildman–Crippen LogP) is 4.13. The van der Waals surface area contributed by atoms with Gasteiger partial charge in [-0.1, -0.05) is 44.2 Å². The van der Waals surface area contributed by atoms with Gasteiger partial charge >= 0.3 is 0 Å². The predicted molar refractivity (Wildman–Crippen MR) is 119 cm³/mol. The lowest BCUT2D eigenvalue weighted by atomic mass is 9.41. The molecular formula is C26H38N2O2. The van der Waals surface area contributed by atoms with Crippen LogP contribution in [0.5, 0.6) is 0 Å². The van der Waals surface area contributed by atoms with Gasteiger partial charge in [0, 0.05) is 25.7 Å². The first-order chi connectivity index (χ1) is 14.3. The van der Waals surface area contributed by atoms with Gasteiger partial charge in [0.2, 0.25) is 5.91 Å². The summed E-state index contributed by atoms with van der Waals surface area (Å²) in [5.74, 6) is 1.40. The maximum Gasteiger partial charge on any atom is 0.228 e. The molecule has 1 heterocycles.